The lowest BCUT2D eigenvalue weighted by Crippen LogP contribution is -2.49. The van der Waals surface area contributed by atoms with Crippen molar-refractivity contribution in [3.63, 3.8) is 0 Å². The highest BCUT2D eigenvalue weighted by molar-refractivity contribution is 7.59. The normalized spacial score (nSPS) is 15.5. The largest absolute Gasteiger partial charge is 0.462 e. The summed E-state index contributed by atoms with van der Waals surface area (Å²) in [6, 6.07) is 6.90. The SMILES string of the molecule is CC(C)OC(=O)C(C)(C)NP(=O)(COC(C)Cn1cnc2c(N)ncnc21)NC(C)c1ccc(Cl)cc1. The van der Waals surface area contributed by atoms with Gasteiger partial charge in [0.1, 0.15) is 23.7 Å². The van der Waals surface area contributed by atoms with E-state index in [4.69, 9.17) is 26.8 Å². The molecule has 2 heterocycles. The van der Waals surface area contributed by atoms with E-state index in [1.165, 1.54) is 6.33 Å². The van der Waals surface area contributed by atoms with E-state index in [2.05, 4.69) is 25.1 Å². The summed E-state index contributed by atoms with van der Waals surface area (Å²) >= 11 is 6.02. The second-order valence-corrected chi connectivity index (χ2v) is 12.4. The number of imidazole rings is 1. The molecule has 3 atom stereocenters. The molecule has 0 amide bonds. The van der Waals surface area contributed by atoms with Gasteiger partial charge in [0.15, 0.2) is 11.5 Å². The van der Waals surface area contributed by atoms with Crippen LogP contribution in [0.5, 0.6) is 0 Å². The van der Waals surface area contributed by atoms with Crippen molar-refractivity contribution in [2.75, 3.05) is 12.1 Å². The second-order valence-electron chi connectivity index (χ2n) is 9.77. The van der Waals surface area contributed by atoms with Crippen LogP contribution >= 0.6 is 19.0 Å². The average molecular weight is 552 g/mol. The van der Waals surface area contributed by atoms with Crippen LogP contribution in [-0.4, -0.2) is 49.6 Å². The van der Waals surface area contributed by atoms with Crippen molar-refractivity contribution in [1.82, 2.24) is 29.7 Å². The van der Waals surface area contributed by atoms with Gasteiger partial charge in [-0.3, -0.25) is 9.36 Å². The Morgan fingerprint density at radius 2 is 1.84 bits per heavy atom. The number of nitrogens with two attached hydrogens (primary N) is 1. The third-order valence-electron chi connectivity index (χ3n) is 5.51. The van der Waals surface area contributed by atoms with Crippen LogP contribution in [0.3, 0.4) is 0 Å². The second kappa shape index (κ2) is 11.9. The Kier molecular flexibility index (Phi) is 9.31. The van der Waals surface area contributed by atoms with Crippen LogP contribution in [0.4, 0.5) is 5.82 Å². The predicted octanol–water partition coefficient (Wildman–Crippen LogP) is 4.29. The van der Waals surface area contributed by atoms with Crippen molar-refractivity contribution in [2.24, 2.45) is 0 Å². The van der Waals surface area contributed by atoms with Gasteiger partial charge in [-0.15, -0.1) is 0 Å². The number of ether oxygens (including phenoxy) is 2. The maximum Gasteiger partial charge on any atom is 0.326 e. The minimum atomic E-state index is -3.50. The number of nitrogens with zero attached hydrogens (tertiary/aromatic N) is 4. The van der Waals surface area contributed by atoms with Crippen LogP contribution in [0.2, 0.25) is 5.02 Å². The summed E-state index contributed by atoms with van der Waals surface area (Å²) in [7, 11) is -3.50. The standard InChI is InChI=1S/C24H35ClN7O4P/c1-15(2)36-23(33)24(5,6)31-37(34,30-17(4)18-7-9-19(25)10-8-18)14-35-16(3)11-32-13-29-20-21(26)27-12-28-22(20)32/h7-10,12-13,15-17H,11,14H2,1-6H3,(H2,26,27,28)(H2,30,31,34). The molecule has 0 fully saturated rings. The van der Waals surface area contributed by atoms with E-state index in [9.17, 15) is 9.36 Å². The molecule has 13 heteroatoms. The first-order chi connectivity index (χ1) is 17.3. The smallest absolute Gasteiger partial charge is 0.326 e. The first-order valence-corrected chi connectivity index (χ1v) is 14.2. The molecule has 0 aliphatic rings. The number of carbonyl (C=O) groups is 1. The molecule has 0 aliphatic heterocycles. The van der Waals surface area contributed by atoms with Crippen molar-refractivity contribution in [3.8, 4) is 0 Å². The zero-order valence-electron chi connectivity index (χ0n) is 21.9. The van der Waals surface area contributed by atoms with Gasteiger partial charge in [-0.25, -0.2) is 25.1 Å². The quantitative estimate of drug-likeness (QED) is 0.220. The summed E-state index contributed by atoms with van der Waals surface area (Å²) in [4.78, 5) is 25.2. The van der Waals surface area contributed by atoms with Gasteiger partial charge in [0.05, 0.1) is 25.1 Å². The molecule has 0 bridgehead atoms. The van der Waals surface area contributed by atoms with E-state index in [0.717, 1.165) is 5.56 Å². The Labute approximate surface area is 222 Å². The highest BCUT2D eigenvalue weighted by Gasteiger charge is 2.39. The van der Waals surface area contributed by atoms with Gasteiger partial charge in [-0.2, -0.15) is 0 Å². The summed E-state index contributed by atoms with van der Waals surface area (Å²) < 4.78 is 27.4. The zero-order chi connectivity index (χ0) is 27.4. The van der Waals surface area contributed by atoms with Gasteiger partial charge >= 0.3 is 5.97 Å². The molecular formula is C24H35ClN7O4P. The van der Waals surface area contributed by atoms with Crippen LogP contribution < -0.4 is 15.9 Å². The van der Waals surface area contributed by atoms with Crippen molar-refractivity contribution >= 4 is 42.0 Å². The topological polar surface area (TPSA) is 146 Å². The molecule has 202 valence electrons. The molecule has 2 aromatic heterocycles. The van der Waals surface area contributed by atoms with Crippen molar-refractivity contribution in [1.29, 1.82) is 0 Å². The van der Waals surface area contributed by atoms with E-state index >= 15 is 0 Å². The Balaban J connectivity index is 1.77. The number of benzene rings is 1. The first-order valence-electron chi connectivity index (χ1n) is 12.0. The summed E-state index contributed by atoms with van der Waals surface area (Å²) in [6.07, 6.45) is 2.11. The average Bonchev–Trinajstić information content (AvgIpc) is 3.21. The van der Waals surface area contributed by atoms with Gasteiger partial charge in [0, 0.05) is 11.1 Å². The molecule has 0 saturated carbocycles. The molecule has 0 aliphatic carbocycles. The number of anilines is 1. The summed E-state index contributed by atoms with van der Waals surface area (Å²) in [5, 5.41) is 6.76. The molecule has 11 nitrogen and oxygen atoms in total. The first kappa shape index (κ1) is 29.0. The lowest BCUT2D eigenvalue weighted by Gasteiger charge is -2.33. The number of aromatic nitrogens is 4. The minimum absolute atomic E-state index is 0.186. The number of esters is 1. The fraction of sp³-hybridized carbons (Fsp3) is 0.500. The molecule has 0 radical (unpaired) electrons. The van der Waals surface area contributed by atoms with Crippen LogP contribution in [0.25, 0.3) is 11.2 Å². The molecule has 0 saturated heterocycles. The highest BCUT2D eigenvalue weighted by atomic mass is 35.5. The van der Waals surface area contributed by atoms with Crippen LogP contribution in [0.15, 0.2) is 36.9 Å². The van der Waals surface area contributed by atoms with E-state index in [1.807, 2.05) is 26.0 Å². The monoisotopic (exact) mass is 551 g/mol. The maximum atomic E-state index is 14.2. The summed E-state index contributed by atoms with van der Waals surface area (Å²) in [6.45, 7) is 10.9. The molecule has 3 rings (SSSR count). The van der Waals surface area contributed by atoms with Gasteiger partial charge in [-0.1, -0.05) is 23.7 Å². The third kappa shape index (κ3) is 7.72. The van der Waals surface area contributed by atoms with Crippen molar-refractivity contribution in [3.05, 3.63) is 47.5 Å². The lowest BCUT2D eigenvalue weighted by atomic mass is 10.1. The summed E-state index contributed by atoms with van der Waals surface area (Å²) in [5.74, 6) is -0.221. The fourth-order valence-electron chi connectivity index (χ4n) is 3.69. The summed E-state index contributed by atoms with van der Waals surface area (Å²) in [5.41, 5.74) is 6.60. The Hall–Kier alpha value is -2.56. The number of fused-ring (bicyclic) bond motifs is 1. The molecule has 0 spiro atoms. The third-order valence-corrected chi connectivity index (χ3v) is 8.00. The zero-order valence-corrected chi connectivity index (χ0v) is 23.6. The molecule has 3 aromatic rings. The maximum absolute atomic E-state index is 14.2. The minimum Gasteiger partial charge on any atom is -0.462 e. The molecular weight excluding hydrogens is 517 g/mol. The van der Waals surface area contributed by atoms with E-state index < -0.39 is 19.0 Å². The van der Waals surface area contributed by atoms with Gasteiger partial charge < -0.3 is 19.8 Å². The number of halogens is 1. The van der Waals surface area contributed by atoms with Gasteiger partial charge in [0.25, 0.3) is 0 Å². The molecule has 4 N–H and O–H groups in total. The van der Waals surface area contributed by atoms with Gasteiger partial charge in [-0.05, 0) is 59.2 Å². The van der Waals surface area contributed by atoms with Crippen LogP contribution in [0.1, 0.15) is 53.1 Å². The lowest BCUT2D eigenvalue weighted by molar-refractivity contribution is -0.153. The van der Waals surface area contributed by atoms with Crippen LogP contribution in [-0.2, 0) is 25.4 Å². The number of hydrogen-bond donors (Lipinski definition) is 3. The fourth-order valence-corrected chi connectivity index (χ4v) is 6.26. The number of rotatable bonds is 12. The van der Waals surface area contributed by atoms with E-state index in [1.54, 1.807) is 50.7 Å². The number of nitrogen functional groups attached to an aromatic ring is 1. The molecule has 1 aromatic carbocycles. The van der Waals surface area contributed by atoms with E-state index in [-0.39, 0.29) is 24.6 Å². The number of hydrogen-bond acceptors (Lipinski definition) is 8. The molecule has 37 heavy (non-hydrogen) atoms. The van der Waals surface area contributed by atoms with Crippen molar-refractivity contribution < 1.29 is 18.8 Å². The highest BCUT2D eigenvalue weighted by Crippen LogP contribution is 2.42. The predicted molar refractivity (Wildman–Crippen MR) is 144 cm³/mol. The Morgan fingerprint density at radius 1 is 1.16 bits per heavy atom. The van der Waals surface area contributed by atoms with Gasteiger partial charge in [0.2, 0.25) is 7.44 Å². The number of nitrogens with one attached hydrogen (secondary N) is 2. The van der Waals surface area contributed by atoms with Crippen molar-refractivity contribution in [2.45, 2.75) is 71.9 Å². The Bertz CT molecular complexity index is 1270. The van der Waals surface area contributed by atoms with E-state index in [0.29, 0.717) is 28.5 Å². The number of carbonyl (C=O) groups excluding carboxylic acids is 1. The Morgan fingerprint density at radius 3 is 2.49 bits per heavy atom. The van der Waals surface area contributed by atoms with Crippen LogP contribution in [0, 0.1) is 0 Å². The molecule has 3 unspecified atom stereocenters.